The minimum atomic E-state index is 0.525. The second-order valence-corrected chi connectivity index (χ2v) is 5.68. The molecule has 0 bridgehead atoms. The van der Waals surface area contributed by atoms with Gasteiger partial charge in [0.25, 0.3) is 0 Å². The number of pyridine rings is 1. The summed E-state index contributed by atoms with van der Waals surface area (Å²) in [6.07, 6.45) is 8.31. The van der Waals surface area contributed by atoms with Gasteiger partial charge in [0.05, 0.1) is 11.2 Å². The standard InChI is InChI=1S/C17H19N5/c1-2-8-19-16(5-1)21-17-15-4-3-11-22(15)12-14(20-17)13-6-9-18-10-7-13/h1-5,8,11-13,18H,6-7,9-10H2,(H,19,20,21). The monoisotopic (exact) mass is 293 g/mol. The molecule has 0 aromatic carbocycles. The van der Waals surface area contributed by atoms with Crippen molar-refractivity contribution in [3.63, 3.8) is 0 Å². The third kappa shape index (κ3) is 2.55. The van der Waals surface area contributed by atoms with Gasteiger partial charge in [0, 0.05) is 24.5 Å². The summed E-state index contributed by atoms with van der Waals surface area (Å²) < 4.78 is 2.15. The van der Waals surface area contributed by atoms with E-state index in [2.05, 4.69) is 38.5 Å². The van der Waals surface area contributed by atoms with Crippen LogP contribution in [0.4, 0.5) is 11.6 Å². The van der Waals surface area contributed by atoms with E-state index in [9.17, 15) is 0 Å². The van der Waals surface area contributed by atoms with Crippen LogP contribution in [0.3, 0.4) is 0 Å². The Hall–Kier alpha value is -2.40. The predicted octanol–water partition coefficient (Wildman–Crippen LogP) is 2.94. The molecule has 2 N–H and O–H groups in total. The molecule has 1 fully saturated rings. The van der Waals surface area contributed by atoms with Gasteiger partial charge in [0.1, 0.15) is 5.82 Å². The van der Waals surface area contributed by atoms with E-state index in [1.54, 1.807) is 6.20 Å². The Morgan fingerprint density at radius 1 is 1.14 bits per heavy atom. The quantitative estimate of drug-likeness (QED) is 0.779. The molecule has 3 aromatic rings. The maximum Gasteiger partial charge on any atom is 0.156 e. The van der Waals surface area contributed by atoms with E-state index in [1.807, 2.05) is 24.3 Å². The topological polar surface area (TPSA) is 54.2 Å². The maximum atomic E-state index is 4.89. The highest BCUT2D eigenvalue weighted by Gasteiger charge is 2.18. The van der Waals surface area contributed by atoms with Gasteiger partial charge in [0.15, 0.2) is 5.82 Å². The third-order valence-electron chi connectivity index (χ3n) is 4.20. The summed E-state index contributed by atoms with van der Waals surface area (Å²) in [5.74, 6) is 2.22. The SMILES string of the molecule is c1ccc(Nc2nc(C3CCNCC3)cn3cccc23)nc1. The molecule has 3 aromatic heterocycles. The highest BCUT2D eigenvalue weighted by molar-refractivity contribution is 5.72. The third-order valence-corrected chi connectivity index (χ3v) is 4.20. The molecule has 0 spiro atoms. The molecule has 5 nitrogen and oxygen atoms in total. The fourth-order valence-electron chi connectivity index (χ4n) is 3.03. The van der Waals surface area contributed by atoms with Crippen LogP contribution in [-0.4, -0.2) is 27.5 Å². The van der Waals surface area contributed by atoms with Crippen molar-refractivity contribution in [2.24, 2.45) is 0 Å². The van der Waals surface area contributed by atoms with E-state index in [0.29, 0.717) is 5.92 Å². The van der Waals surface area contributed by atoms with Gasteiger partial charge >= 0.3 is 0 Å². The first kappa shape index (κ1) is 13.3. The molecular formula is C17H19N5. The highest BCUT2D eigenvalue weighted by atomic mass is 15.1. The smallest absolute Gasteiger partial charge is 0.156 e. The average Bonchev–Trinajstić information content (AvgIpc) is 3.05. The lowest BCUT2D eigenvalue weighted by molar-refractivity contribution is 0.452. The molecule has 0 atom stereocenters. The van der Waals surface area contributed by atoms with Crippen molar-refractivity contribution < 1.29 is 0 Å². The lowest BCUT2D eigenvalue weighted by Gasteiger charge is -2.23. The van der Waals surface area contributed by atoms with Crippen molar-refractivity contribution in [3.05, 3.63) is 54.6 Å². The summed E-state index contributed by atoms with van der Waals surface area (Å²) in [4.78, 5) is 9.23. The molecule has 0 radical (unpaired) electrons. The normalized spacial score (nSPS) is 16.0. The number of aromatic nitrogens is 3. The summed E-state index contributed by atoms with van der Waals surface area (Å²) in [7, 11) is 0. The first-order chi connectivity index (χ1) is 10.9. The molecule has 1 aliphatic rings. The van der Waals surface area contributed by atoms with Crippen LogP contribution in [-0.2, 0) is 0 Å². The Balaban J connectivity index is 1.73. The molecule has 0 aliphatic carbocycles. The Morgan fingerprint density at radius 3 is 2.86 bits per heavy atom. The predicted molar refractivity (Wildman–Crippen MR) is 87.6 cm³/mol. The maximum absolute atomic E-state index is 4.89. The molecule has 4 heterocycles. The summed E-state index contributed by atoms with van der Waals surface area (Å²) in [6.45, 7) is 2.14. The molecule has 1 aliphatic heterocycles. The number of fused-ring (bicyclic) bond motifs is 1. The van der Waals surface area contributed by atoms with Crippen molar-refractivity contribution in [3.8, 4) is 0 Å². The Kier molecular flexibility index (Phi) is 3.48. The first-order valence-electron chi connectivity index (χ1n) is 7.76. The summed E-state index contributed by atoms with van der Waals surface area (Å²) in [5, 5.41) is 6.76. The van der Waals surface area contributed by atoms with Crippen LogP contribution in [0, 0.1) is 0 Å². The Bertz CT molecular complexity index is 759. The van der Waals surface area contributed by atoms with Crippen LogP contribution in [0.2, 0.25) is 0 Å². The number of nitrogens with one attached hydrogen (secondary N) is 2. The summed E-state index contributed by atoms with van der Waals surface area (Å²) in [6, 6.07) is 9.97. The van der Waals surface area contributed by atoms with Gasteiger partial charge in [-0.15, -0.1) is 0 Å². The van der Waals surface area contributed by atoms with Crippen molar-refractivity contribution in [1.29, 1.82) is 0 Å². The second kappa shape index (κ2) is 5.77. The Labute approximate surface area is 129 Å². The van der Waals surface area contributed by atoms with Crippen LogP contribution >= 0.6 is 0 Å². The molecule has 0 amide bonds. The minimum Gasteiger partial charge on any atom is -0.323 e. The zero-order chi connectivity index (χ0) is 14.8. The van der Waals surface area contributed by atoms with Crippen LogP contribution < -0.4 is 10.6 Å². The van der Waals surface area contributed by atoms with Crippen molar-refractivity contribution in [2.75, 3.05) is 18.4 Å². The van der Waals surface area contributed by atoms with E-state index in [0.717, 1.165) is 48.8 Å². The van der Waals surface area contributed by atoms with Crippen LogP contribution in [0.5, 0.6) is 0 Å². The van der Waals surface area contributed by atoms with E-state index in [1.165, 1.54) is 0 Å². The molecule has 22 heavy (non-hydrogen) atoms. The number of hydrogen-bond donors (Lipinski definition) is 2. The van der Waals surface area contributed by atoms with Crippen LogP contribution in [0.15, 0.2) is 48.9 Å². The molecule has 5 heteroatoms. The zero-order valence-corrected chi connectivity index (χ0v) is 12.4. The first-order valence-corrected chi connectivity index (χ1v) is 7.76. The van der Waals surface area contributed by atoms with Gasteiger partial charge in [-0.25, -0.2) is 9.97 Å². The summed E-state index contributed by atoms with van der Waals surface area (Å²) in [5.41, 5.74) is 2.23. The Morgan fingerprint density at radius 2 is 2.05 bits per heavy atom. The average molecular weight is 293 g/mol. The molecule has 112 valence electrons. The van der Waals surface area contributed by atoms with Gasteiger partial charge in [-0.1, -0.05) is 6.07 Å². The van der Waals surface area contributed by atoms with Crippen molar-refractivity contribution in [1.82, 2.24) is 19.7 Å². The number of rotatable bonds is 3. The van der Waals surface area contributed by atoms with Crippen LogP contribution in [0.25, 0.3) is 5.52 Å². The zero-order valence-electron chi connectivity index (χ0n) is 12.4. The number of hydrogen-bond acceptors (Lipinski definition) is 4. The number of piperidine rings is 1. The summed E-state index contributed by atoms with van der Waals surface area (Å²) >= 11 is 0. The minimum absolute atomic E-state index is 0.525. The number of nitrogens with zero attached hydrogens (tertiary/aromatic N) is 3. The lowest BCUT2D eigenvalue weighted by atomic mass is 9.95. The van der Waals surface area contributed by atoms with Gasteiger partial charge in [0.2, 0.25) is 0 Å². The van der Waals surface area contributed by atoms with Gasteiger partial charge in [-0.05, 0) is 50.2 Å². The van der Waals surface area contributed by atoms with E-state index >= 15 is 0 Å². The van der Waals surface area contributed by atoms with E-state index in [4.69, 9.17) is 4.98 Å². The molecule has 0 unspecified atom stereocenters. The molecule has 0 saturated carbocycles. The van der Waals surface area contributed by atoms with E-state index in [-0.39, 0.29) is 0 Å². The fraction of sp³-hybridized carbons (Fsp3) is 0.294. The van der Waals surface area contributed by atoms with Crippen molar-refractivity contribution in [2.45, 2.75) is 18.8 Å². The van der Waals surface area contributed by atoms with Crippen molar-refractivity contribution >= 4 is 17.2 Å². The second-order valence-electron chi connectivity index (χ2n) is 5.68. The molecule has 4 rings (SSSR count). The van der Waals surface area contributed by atoms with Gasteiger partial charge in [-0.3, -0.25) is 0 Å². The lowest BCUT2D eigenvalue weighted by Crippen LogP contribution is -2.27. The molecule has 1 saturated heterocycles. The highest BCUT2D eigenvalue weighted by Crippen LogP contribution is 2.27. The van der Waals surface area contributed by atoms with Gasteiger partial charge < -0.3 is 15.0 Å². The number of anilines is 2. The fourth-order valence-corrected chi connectivity index (χ4v) is 3.03. The van der Waals surface area contributed by atoms with Crippen LogP contribution in [0.1, 0.15) is 24.5 Å². The molecular weight excluding hydrogens is 274 g/mol. The van der Waals surface area contributed by atoms with Gasteiger partial charge in [-0.2, -0.15) is 0 Å². The largest absolute Gasteiger partial charge is 0.323 e. The van der Waals surface area contributed by atoms with E-state index < -0.39 is 0 Å².